The summed E-state index contributed by atoms with van der Waals surface area (Å²) in [5.74, 6) is 1.35. The van der Waals surface area contributed by atoms with Gasteiger partial charge < -0.3 is 90.4 Å². The van der Waals surface area contributed by atoms with Gasteiger partial charge in [0.25, 0.3) is 0 Å². The van der Waals surface area contributed by atoms with E-state index in [0.29, 0.717) is 51.0 Å². The van der Waals surface area contributed by atoms with Crippen LogP contribution in [0.1, 0.15) is 133 Å². The summed E-state index contributed by atoms with van der Waals surface area (Å²) in [5.41, 5.74) is 10.8. The van der Waals surface area contributed by atoms with Crippen LogP contribution in [0.3, 0.4) is 0 Å². The first-order chi connectivity index (χ1) is 56.4. The third kappa shape index (κ3) is 59.7. The average molecular weight is 2780 g/mol. The molecule has 124 heavy (non-hydrogen) atoms. The van der Waals surface area contributed by atoms with Crippen LogP contribution in [-0.4, -0.2) is 178 Å². The van der Waals surface area contributed by atoms with E-state index in [-0.39, 0.29) is 194 Å². The number of aromatic nitrogens is 5. The van der Waals surface area contributed by atoms with Crippen LogP contribution in [0, 0.1) is 43.3 Å². The Hall–Kier alpha value is -6.28. The predicted molar refractivity (Wildman–Crippen MR) is 475 cm³/mol. The SMILES string of the molecule is CC(O)CC(C)O.CC(O)CC(C)O.CC(O)CC(C)O.CC(O)CC(C)O.CC(O)CC(C)O.CC(O)CC(C)O.Cc1c[c-]c(-c2ccccn2)cc1.[Ir].[Ir].[Ir].[Ir].[Ir].[Ir].[c-]1cccc2ccc3cccnc3c12.[c-]1ccccc1-c1ccccn1.[c-]1ccccc1-c1nc2ccccc2o1.[c-]1ccccc1C1=NCCO1.[c-]1ccsc1-c1ccccn1. The van der Waals surface area contributed by atoms with E-state index in [0.717, 1.165) is 78.7 Å². The first-order valence-electron chi connectivity index (χ1n) is 39.3. The summed E-state index contributed by atoms with van der Waals surface area (Å²) < 4.78 is 10.9. The number of hydrogen-bond donors (Lipinski definition) is 12. The number of aliphatic hydroxyl groups excluding tert-OH is 12. The van der Waals surface area contributed by atoms with Crippen molar-refractivity contribution in [3.63, 3.8) is 0 Å². The van der Waals surface area contributed by atoms with Gasteiger partial charge >= 0.3 is 0 Å². The molecule has 12 unspecified atom stereocenters. The largest absolute Gasteiger partial charge is 0.518 e. The normalized spacial score (nSPS) is 13.2. The molecule has 0 aliphatic carbocycles. The number of nitrogens with zero attached hydrogens (tertiary/aromatic N) is 6. The number of aliphatic imine (C=N–C) groups is 1. The van der Waals surface area contributed by atoms with Gasteiger partial charge in [-0.2, -0.15) is 12.1 Å². The summed E-state index contributed by atoms with van der Waals surface area (Å²) in [5, 5.41) is 108. The fraction of sp³-hybridized carbons (Fsp3) is 0.340. The van der Waals surface area contributed by atoms with Crippen molar-refractivity contribution in [1.29, 1.82) is 0 Å². The van der Waals surface area contributed by atoms with Gasteiger partial charge in [-0.15, -0.1) is 172 Å². The molecule has 20 nitrogen and oxygen atoms in total. The van der Waals surface area contributed by atoms with E-state index in [9.17, 15) is 0 Å². The second kappa shape index (κ2) is 74.6. The standard InChI is InChI=1S/C13H8NO.C13H8N.C12H10N.C11H8N.C9H8NO.C9H6NS.6C5H12O2.6Ir/c1-2-6-10(7-3-1)13-14-11-8-4-5-9-12(11)15-13;1-2-6-12-10(4-1)7-8-11-5-3-9-14-13(11)12;1-10-5-7-11(8-6-10)12-4-2-3-9-13-12;1-2-6-10(7-3-1)11-8-4-5-9-12-11;1-2-4-8(5-3-1)9-10-6-7-11-9;1-2-6-10-8(4-1)9-5-3-7-11-9;6*1-4(6)3-5(2)7;;;;;;/h1-6,8-9H;1-5,7-9H;2-7,9H,1H3;1-6,8-9H;1-4H,6-7H2;1-4,6-7H;6*4-7H,3H2,1-2H3;;;;;;/q6*-1;;;;;;;;;;;;. The van der Waals surface area contributed by atoms with Gasteiger partial charge in [-0.3, -0.25) is 9.98 Å². The Bertz CT molecular complexity index is 4370. The summed E-state index contributed by atoms with van der Waals surface area (Å²) in [7, 11) is 0. The van der Waals surface area contributed by atoms with Crippen LogP contribution in [0.4, 0.5) is 0 Å². The number of ether oxygens (including phenoxy) is 1. The van der Waals surface area contributed by atoms with Gasteiger partial charge in [0, 0.05) is 145 Å². The van der Waals surface area contributed by atoms with Crippen molar-refractivity contribution in [2.24, 2.45) is 4.99 Å². The maximum absolute atomic E-state index is 8.56. The number of aryl methyl sites for hydroxylation is 1. The van der Waals surface area contributed by atoms with Gasteiger partial charge in [0.2, 0.25) is 0 Å². The molecule has 12 N–H and O–H groups in total. The molecule has 7 heterocycles. The molecule has 0 amide bonds. The van der Waals surface area contributed by atoms with Crippen LogP contribution in [0.5, 0.6) is 0 Å². The molecule has 27 heteroatoms. The smallest absolute Gasteiger partial charge is 0.141 e. The first-order valence-corrected chi connectivity index (χ1v) is 40.2. The Balaban J connectivity index is -0.000000638. The molecule has 1 aliphatic rings. The molecular weight excluding hydrogens is 2660 g/mol. The zero-order chi connectivity index (χ0) is 87.0. The Kier molecular flexibility index (Phi) is 74.6. The molecule has 0 saturated carbocycles. The number of aliphatic hydroxyl groups is 12. The third-order valence-electron chi connectivity index (χ3n) is 15.2. The average Bonchev–Trinajstić information content (AvgIpc) is 0.970. The molecule has 0 bridgehead atoms. The van der Waals surface area contributed by atoms with Gasteiger partial charge in [0.05, 0.1) is 91.9 Å². The molecule has 12 atom stereocenters. The summed E-state index contributed by atoms with van der Waals surface area (Å²) in [4.78, 5) is 26.7. The molecule has 1 aliphatic heterocycles. The molecule has 6 radical (unpaired) electrons. The Morgan fingerprint density at radius 3 is 1.10 bits per heavy atom. The van der Waals surface area contributed by atoms with Crippen molar-refractivity contribution >= 4 is 50.0 Å². The third-order valence-corrected chi connectivity index (χ3v) is 16.0. The molecule has 0 fully saturated rings. The molecule has 0 spiro atoms. The number of oxazole rings is 1. The minimum atomic E-state index is -0.375. The summed E-state index contributed by atoms with van der Waals surface area (Å²) in [6, 6.07) is 89.6. The molecule has 13 aromatic rings. The molecule has 688 valence electrons. The molecule has 0 saturated heterocycles. The van der Waals surface area contributed by atoms with Crippen LogP contribution in [0.15, 0.2) is 258 Å². The second-order valence-corrected chi connectivity index (χ2v) is 29.0. The number of pyridine rings is 4. The van der Waals surface area contributed by atoms with Crippen molar-refractivity contribution in [2.45, 2.75) is 202 Å². The van der Waals surface area contributed by atoms with Crippen LogP contribution in [0.25, 0.3) is 77.3 Å². The molecule has 6 aromatic heterocycles. The van der Waals surface area contributed by atoms with E-state index in [2.05, 4.69) is 104 Å². The Morgan fingerprint density at radius 2 is 0.734 bits per heavy atom. The maximum atomic E-state index is 8.56. The zero-order valence-electron chi connectivity index (χ0n) is 72.0. The minimum absolute atomic E-state index is 0. The van der Waals surface area contributed by atoms with E-state index in [1.54, 1.807) is 113 Å². The first kappa shape index (κ1) is 124. The summed E-state index contributed by atoms with van der Waals surface area (Å²) >= 11 is 1.66. The number of rotatable bonds is 17. The van der Waals surface area contributed by atoms with E-state index in [1.807, 2.05) is 200 Å². The fourth-order valence-electron chi connectivity index (χ4n) is 10.4. The van der Waals surface area contributed by atoms with Crippen LogP contribution in [-0.2, 0) is 125 Å². The summed E-state index contributed by atoms with van der Waals surface area (Å²) in [6.45, 7) is 23.4. The fourth-order valence-corrected chi connectivity index (χ4v) is 11.0. The molecule has 14 rings (SSSR count). The van der Waals surface area contributed by atoms with Gasteiger partial charge in [0.1, 0.15) is 17.4 Å². The van der Waals surface area contributed by atoms with Gasteiger partial charge in [-0.05, 0) is 186 Å². The summed E-state index contributed by atoms with van der Waals surface area (Å²) in [6.07, 6.45) is 5.53. The van der Waals surface area contributed by atoms with E-state index < -0.39 is 0 Å². The van der Waals surface area contributed by atoms with Crippen molar-refractivity contribution < 1.29 is 191 Å². The van der Waals surface area contributed by atoms with Gasteiger partial charge in [-0.25, -0.2) is 11.3 Å². The van der Waals surface area contributed by atoms with Gasteiger partial charge in [0.15, 0.2) is 0 Å². The van der Waals surface area contributed by atoms with Crippen LogP contribution < -0.4 is 0 Å². The van der Waals surface area contributed by atoms with Crippen LogP contribution in [0.2, 0.25) is 0 Å². The van der Waals surface area contributed by atoms with E-state index in [1.165, 1.54) is 16.3 Å². The Morgan fingerprint density at radius 1 is 0.347 bits per heavy atom. The second-order valence-electron chi connectivity index (χ2n) is 28.0. The molecule has 7 aromatic carbocycles. The predicted octanol–water partition coefficient (Wildman–Crippen LogP) is 16.6. The van der Waals surface area contributed by atoms with Crippen molar-refractivity contribution in [1.82, 2.24) is 24.9 Å². The number of fused-ring (bicyclic) bond motifs is 4. The quantitative estimate of drug-likeness (QED) is 0.0298. The van der Waals surface area contributed by atoms with Gasteiger partial charge in [-0.1, -0.05) is 89.7 Å². The maximum Gasteiger partial charge on any atom is 0.141 e. The monoisotopic (exact) mass is 2780 g/mol. The van der Waals surface area contributed by atoms with Crippen LogP contribution >= 0.6 is 11.3 Å². The van der Waals surface area contributed by atoms with E-state index >= 15 is 0 Å². The topological polar surface area (TPSA) is 342 Å². The van der Waals surface area contributed by atoms with Crippen molar-refractivity contribution in [3.05, 3.63) is 296 Å². The van der Waals surface area contributed by atoms with Crippen molar-refractivity contribution in [3.8, 4) is 44.5 Å². The number of hydrogen-bond acceptors (Lipinski definition) is 21. The van der Waals surface area contributed by atoms with Crippen molar-refractivity contribution in [2.75, 3.05) is 13.2 Å². The number of thiophene rings is 1. The number of para-hydroxylation sites is 2. The number of benzene rings is 7. The minimum Gasteiger partial charge on any atom is -0.518 e. The Labute approximate surface area is 818 Å². The molecular formula is C97H120Ir6N6O14S-6. The zero-order valence-corrected chi connectivity index (χ0v) is 87.2. The van der Waals surface area contributed by atoms with E-state index in [4.69, 9.17) is 70.4 Å².